The molecule has 3 aromatic rings. The molecule has 3 amide bonds. The lowest BCUT2D eigenvalue weighted by molar-refractivity contribution is -0.134. The molecule has 1 atom stereocenters. The van der Waals surface area contributed by atoms with Gasteiger partial charge in [-0.3, -0.25) is 14.9 Å². The van der Waals surface area contributed by atoms with Crippen LogP contribution in [0.4, 0.5) is 4.79 Å². The third-order valence-electron chi connectivity index (χ3n) is 6.63. The number of nitrogens with zero attached hydrogens (tertiary/aromatic N) is 2. The van der Waals surface area contributed by atoms with E-state index in [1.54, 1.807) is 4.90 Å². The Morgan fingerprint density at radius 3 is 2.61 bits per heavy atom. The van der Waals surface area contributed by atoms with Gasteiger partial charge in [-0.1, -0.05) is 47.6 Å². The number of hydrogen-bond donors (Lipinski definition) is 1. The molecule has 0 bridgehead atoms. The van der Waals surface area contributed by atoms with Crippen LogP contribution >= 0.6 is 0 Å². The maximum Gasteiger partial charge on any atom is 0.410 e. The van der Waals surface area contributed by atoms with Crippen molar-refractivity contribution in [2.24, 2.45) is 0 Å². The van der Waals surface area contributed by atoms with Crippen molar-refractivity contribution in [1.82, 2.24) is 15.4 Å². The number of nitrogens with one attached hydrogen (secondary N) is 1. The number of aromatic nitrogens is 1. The molecule has 0 spiro atoms. The third kappa shape index (κ3) is 5.41. The Morgan fingerprint density at radius 2 is 1.92 bits per heavy atom. The van der Waals surface area contributed by atoms with E-state index in [9.17, 15) is 14.4 Å². The summed E-state index contributed by atoms with van der Waals surface area (Å²) in [6.07, 6.45) is 2.90. The van der Waals surface area contributed by atoms with Crippen molar-refractivity contribution in [2.75, 3.05) is 13.1 Å². The van der Waals surface area contributed by atoms with E-state index in [0.717, 1.165) is 16.7 Å². The van der Waals surface area contributed by atoms with Crippen LogP contribution in [0.1, 0.15) is 62.8 Å². The van der Waals surface area contributed by atoms with Crippen molar-refractivity contribution < 1.29 is 28.4 Å². The number of ether oxygens (including phenoxy) is 2. The first-order valence-electron chi connectivity index (χ1n) is 12.8. The minimum Gasteiger partial charge on any atom is -0.484 e. The Kier molecular flexibility index (Phi) is 6.93. The maximum absolute atomic E-state index is 12.5. The predicted molar refractivity (Wildman–Crippen MR) is 140 cm³/mol. The summed E-state index contributed by atoms with van der Waals surface area (Å²) in [6.45, 7) is 6.79. The van der Waals surface area contributed by atoms with Crippen LogP contribution in [-0.4, -0.2) is 46.7 Å². The van der Waals surface area contributed by atoms with Gasteiger partial charge in [-0.2, -0.15) is 0 Å². The summed E-state index contributed by atoms with van der Waals surface area (Å²) in [5, 5.41) is 7.32. The summed E-state index contributed by atoms with van der Waals surface area (Å²) in [5.41, 5.74) is 3.26. The Bertz CT molecular complexity index is 1400. The summed E-state index contributed by atoms with van der Waals surface area (Å²) in [5.74, 6) is -0.685. The number of benzene rings is 2. The zero-order valence-corrected chi connectivity index (χ0v) is 21.8. The summed E-state index contributed by atoms with van der Waals surface area (Å²) in [6, 6.07) is 13.6. The Morgan fingerprint density at radius 1 is 1.13 bits per heavy atom. The Labute approximate surface area is 220 Å². The number of rotatable bonds is 5. The van der Waals surface area contributed by atoms with Crippen molar-refractivity contribution in [3.8, 4) is 5.75 Å². The molecule has 198 valence electrons. The van der Waals surface area contributed by atoms with Crippen LogP contribution in [0.2, 0.25) is 0 Å². The average Bonchev–Trinajstić information content (AvgIpc) is 3.31. The highest BCUT2D eigenvalue weighted by Crippen LogP contribution is 2.40. The van der Waals surface area contributed by atoms with Crippen LogP contribution in [0.15, 0.2) is 53.1 Å². The minimum atomic E-state index is -0.571. The van der Waals surface area contributed by atoms with Gasteiger partial charge in [-0.15, -0.1) is 0 Å². The second kappa shape index (κ2) is 10.3. The van der Waals surface area contributed by atoms with Gasteiger partial charge in [-0.25, -0.2) is 4.79 Å². The van der Waals surface area contributed by atoms with Crippen molar-refractivity contribution in [3.63, 3.8) is 0 Å². The highest BCUT2D eigenvalue weighted by molar-refractivity contribution is 6.03. The maximum atomic E-state index is 12.5. The van der Waals surface area contributed by atoms with E-state index in [1.807, 2.05) is 69.3 Å². The molecule has 2 aliphatic rings. The lowest BCUT2D eigenvalue weighted by Crippen LogP contribution is -2.39. The van der Waals surface area contributed by atoms with Gasteiger partial charge in [0.15, 0.2) is 5.75 Å². The molecule has 1 N–H and O–H groups in total. The molecule has 9 nitrogen and oxygen atoms in total. The fourth-order valence-electron chi connectivity index (χ4n) is 4.74. The smallest absolute Gasteiger partial charge is 0.410 e. The number of hydrogen-bond acceptors (Lipinski definition) is 7. The Hall–Kier alpha value is -4.14. The van der Waals surface area contributed by atoms with Gasteiger partial charge in [0.2, 0.25) is 17.4 Å². The molecule has 1 fully saturated rings. The highest BCUT2D eigenvalue weighted by atomic mass is 16.6. The minimum absolute atomic E-state index is 0.251. The van der Waals surface area contributed by atoms with Gasteiger partial charge in [0, 0.05) is 30.5 Å². The summed E-state index contributed by atoms with van der Waals surface area (Å²) < 4.78 is 17.6. The monoisotopic (exact) mass is 517 g/mol. The lowest BCUT2D eigenvalue weighted by Gasteiger charge is -2.30. The number of fused-ring (bicyclic) bond motifs is 1. The van der Waals surface area contributed by atoms with E-state index in [2.05, 4.69) is 10.5 Å². The second-order valence-corrected chi connectivity index (χ2v) is 10.6. The first-order chi connectivity index (χ1) is 18.2. The predicted octanol–water partition coefficient (Wildman–Crippen LogP) is 4.95. The number of carbonyl (C=O) groups excluding carboxylic acids is 3. The van der Waals surface area contributed by atoms with E-state index in [-0.39, 0.29) is 24.3 Å². The Balaban J connectivity index is 1.48. The largest absolute Gasteiger partial charge is 0.484 e. The first kappa shape index (κ1) is 25.5. The molecule has 9 heteroatoms. The average molecular weight is 518 g/mol. The van der Waals surface area contributed by atoms with E-state index < -0.39 is 11.5 Å². The number of piperidine rings is 1. The van der Waals surface area contributed by atoms with Crippen molar-refractivity contribution in [2.45, 2.75) is 58.2 Å². The van der Waals surface area contributed by atoms with Crippen LogP contribution < -0.4 is 10.1 Å². The van der Waals surface area contributed by atoms with E-state index in [4.69, 9.17) is 14.0 Å². The van der Waals surface area contributed by atoms with Crippen molar-refractivity contribution in [3.05, 3.63) is 65.4 Å². The molecule has 2 aliphatic heterocycles. The standard InChI is InChI=1S/C29H31N3O6/c1-29(2,3)37-28(35)32-15-13-19(14-16-32)20-9-10-21-24(22-11-12-23(33)30-27(22)34)31-38-26(21)25(20)36-17-18-7-5-4-6-8-18/h4-10,13,22H,11-12,14-17H2,1-3H3,(H,30,33,34). The number of imide groups is 1. The summed E-state index contributed by atoms with van der Waals surface area (Å²) >= 11 is 0. The lowest BCUT2D eigenvalue weighted by atomic mass is 9.91. The molecule has 1 saturated heterocycles. The van der Waals surface area contributed by atoms with Crippen molar-refractivity contribution in [1.29, 1.82) is 0 Å². The van der Waals surface area contributed by atoms with Gasteiger partial charge < -0.3 is 18.9 Å². The van der Waals surface area contributed by atoms with Crippen LogP contribution in [-0.2, 0) is 20.9 Å². The molecular formula is C29H31N3O6. The SMILES string of the molecule is CC(C)(C)OC(=O)N1CC=C(c2ccc3c(C4CCC(=O)NC4=O)noc3c2OCc2ccccc2)CC1. The van der Waals surface area contributed by atoms with E-state index >= 15 is 0 Å². The molecule has 2 aromatic carbocycles. The second-order valence-electron chi connectivity index (χ2n) is 10.6. The molecule has 0 radical (unpaired) electrons. The molecule has 5 rings (SSSR count). The third-order valence-corrected chi connectivity index (χ3v) is 6.63. The van der Waals surface area contributed by atoms with Gasteiger partial charge >= 0.3 is 6.09 Å². The molecular weight excluding hydrogens is 486 g/mol. The molecule has 1 aromatic heterocycles. The zero-order chi connectivity index (χ0) is 26.9. The first-order valence-corrected chi connectivity index (χ1v) is 12.8. The topological polar surface area (TPSA) is 111 Å². The molecule has 3 heterocycles. The fraction of sp³-hybridized carbons (Fsp3) is 0.379. The fourth-order valence-corrected chi connectivity index (χ4v) is 4.74. The van der Waals surface area contributed by atoms with Crippen LogP contribution in [0.5, 0.6) is 5.75 Å². The number of amides is 3. The molecule has 0 aliphatic carbocycles. The highest BCUT2D eigenvalue weighted by Gasteiger charge is 2.33. The molecule has 1 unspecified atom stereocenters. The van der Waals surface area contributed by atoms with E-state index in [1.165, 1.54) is 0 Å². The van der Waals surface area contributed by atoms with Crippen molar-refractivity contribution >= 4 is 34.4 Å². The van der Waals surface area contributed by atoms with Gasteiger partial charge in [0.1, 0.15) is 17.9 Å². The van der Waals surface area contributed by atoms with Gasteiger partial charge in [0.25, 0.3) is 0 Å². The normalized spacial score (nSPS) is 18.2. The summed E-state index contributed by atoms with van der Waals surface area (Å²) in [4.78, 5) is 38.4. The van der Waals surface area contributed by atoms with Crippen LogP contribution in [0.3, 0.4) is 0 Å². The van der Waals surface area contributed by atoms with Gasteiger partial charge in [0.05, 0.1) is 5.92 Å². The molecule has 38 heavy (non-hydrogen) atoms. The van der Waals surface area contributed by atoms with Crippen LogP contribution in [0.25, 0.3) is 16.5 Å². The summed E-state index contributed by atoms with van der Waals surface area (Å²) in [7, 11) is 0. The van der Waals surface area contributed by atoms with Gasteiger partial charge in [-0.05, 0) is 50.8 Å². The zero-order valence-electron chi connectivity index (χ0n) is 21.8. The number of carbonyl (C=O) groups is 3. The quantitative estimate of drug-likeness (QED) is 0.477. The van der Waals surface area contributed by atoms with E-state index in [0.29, 0.717) is 55.0 Å². The van der Waals surface area contributed by atoms with Crippen LogP contribution in [0, 0.1) is 0 Å². The molecule has 0 saturated carbocycles.